The van der Waals surface area contributed by atoms with Gasteiger partial charge in [0.05, 0.1) is 5.75 Å². The molecule has 0 saturated carbocycles. The molecular weight excluding hydrogens is 208 g/mol. The molecule has 0 amide bonds. The highest BCUT2D eigenvalue weighted by molar-refractivity contribution is 7.85. The Hall–Kier alpha value is 0.260. The van der Waals surface area contributed by atoms with Crippen molar-refractivity contribution in [3.8, 4) is 0 Å². The van der Waals surface area contributed by atoms with Crippen molar-refractivity contribution >= 4 is 22.7 Å². The van der Waals surface area contributed by atoms with Crippen LogP contribution in [0.15, 0.2) is 0 Å². The van der Waals surface area contributed by atoms with Crippen molar-refractivity contribution in [3.63, 3.8) is 0 Å². The predicted molar refractivity (Wildman–Crippen MR) is 57.9 cm³/mol. The van der Waals surface area contributed by atoms with Crippen LogP contribution >= 0.6 is 12.6 Å². The first-order valence-corrected chi connectivity index (χ1v) is 6.79. The summed E-state index contributed by atoms with van der Waals surface area (Å²) in [4.78, 5) is 0. The van der Waals surface area contributed by atoms with Crippen LogP contribution in [0.3, 0.4) is 0 Å². The zero-order valence-corrected chi connectivity index (χ0v) is 9.65. The lowest BCUT2D eigenvalue weighted by molar-refractivity contribution is 0.469. The zero-order chi connectivity index (χ0) is 10.3. The Bertz CT molecular complexity index is 207. The molecule has 0 aromatic rings. The second-order valence-electron chi connectivity index (χ2n) is 3.24. The van der Waals surface area contributed by atoms with E-state index in [0.717, 1.165) is 25.0 Å². The van der Waals surface area contributed by atoms with E-state index in [-0.39, 0.29) is 5.75 Å². The highest BCUT2D eigenvalue weighted by Gasteiger charge is 2.06. The summed E-state index contributed by atoms with van der Waals surface area (Å²) < 4.78 is 29.2. The fraction of sp³-hybridized carbons (Fsp3) is 1.00. The molecule has 13 heavy (non-hydrogen) atoms. The largest absolute Gasteiger partial charge is 0.286 e. The SMILES string of the molecule is CCC(CS)CCCCS(=O)(=O)O. The molecule has 1 atom stereocenters. The first-order chi connectivity index (χ1) is 5.99. The van der Waals surface area contributed by atoms with Crippen LogP contribution in [0.25, 0.3) is 0 Å². The van der Waals surface area contributed by atoms with Crippen LogP contribution in [0.4, 0.5) is 0 Å². The molecule has 5 heteroatoms. The summed E-state index contributed by atoms with van der Waals surface area (Å²) in [6.45, 7) is 2.10. The van der Waals surface area contributed by atoms with E-state index in [1.54, 1.807) is 0 Å². The summed E-state index contributed by atoms with van der Waals surface area (Å²) >= 11 is 4.19. The number of thiol groups is 1. The van der Waals surface area contributed by atoms with Gasteiger partial charge in [0.2, 0.25) is 0 Å². The highest BCUT2D eigenvalue weighted by Crippen LogP contribution is 2.13. The third kappa shape index (κ3) is 8.59. The van der Waals surface area contributed by atoms with Gasteiger partial charge in [-0.25, -0.2) is 0 Å². The van der Waals surface area contributed by atoms with Crippen molar-refractivity contribution in [1.29, 1.82) is 0 Å². The van der Waals surface area contributed by atoms with E-state index in [9.17, 15) is 8.42 Å². The van der Waals surface area contributed by atoms with E-state index in [4.69, 9.17) is 4.55 Å². The number of hydrogen-bond donors (Lipinski definition) is 2. The summed E-state index contributed by atoms with van der Waals surface area (Å²) in [5, 5.41) is 0. The number of unbranched alkanes of at least 4 members (excludes halogenated alkanes) is 1. The first kappa shape index (κ1) is 13.3. The van der Waals surface area contributed by atoms with E-state index < -0.39 is 10.1 Å². The van der Waals surface area contributed by atoms with Crippen molar-refractivity contribution in [1.82, 2.24) is 0 Å². The fourth-order valence-electron chi connectivity index (χ4n) is 1.14. The van der Waals surface area contributed by atoms with E-state index in [1.807, 2.05) is 0 Å². The Labute approximate surface area is 86.1 Å². The first-order valence-electron chi connectivity index (χ1n) is 4.55. The molecule has 0 rings (SSSR count). The van der Waals surface area contributed by atoms with Crippen LogP contribution in [0, 0.1) is 5.92 Å². The topological polar surface area (TPSA) is 54.4 Å². The lowest BCUT2D eigenvalue weighted by Gasteiger charge is -2.10. The van der Waals surface area contributed by atoms with Gasteiger partial charge in [-0.3, -0.25) is 4.55 Å². The lowest BCUT2D eigenvalue weighted by atomic mass is 10.0. The molecule has 3 nitrogen and oxygen atoms in total. The molecule has 0 aliphatic heterocycles. The molecule has 0 spiro atoms. The van der Waals surface area contributed by atoms with Gasteiger partial charge in [0.1, 0.15) is 0 Å². The maximum absolute atomic E-state index is 10.4. The quantitative estimate of drug-likeness (QED) is 0.396. The van der Waals surface area contributed by atoms with Crippen LogP contribution in [0.1, 0.15) is 32.6 Å². The van der Waals surface area contributed by atoms with E-state index in [2.05, 4.69) is 19.6 Å². The van der Waals surface area contributed by atoms with Crippen LogP contribution in [0.2, 0.25) is 0 Å². The number of hydrogen-bond acceptors (Lipinski definition) is 3. The van der Waals surface area contributed by atoms with Gasteiger partial charge < -0.3 is 0 Å². The molecular formula is C8H18O3S2. The minimum atomic E-state index is -3.75. The molecule has 0 aliphatic rings. The minimum absolute atomic E-state index is 0.115. The Morgan fingerprint density at radius 3 is 2.38 bits per heavy atom. The van der Waals surface area contributed by atoms with E-state index in [0.29, 0.717) is 12.3 Å². The molecule has 1 N–H and O–H groups in total. The minimum Gasteiger partial charge on any atom is -0.286 e. The Morgan fingerprint density at radius 2 is 2.00 bits per heavy atom. The maximum atomic E-state index is 10.4. The molecule has 0 aliphatic carbocycles. The van der Waals surface area contributed by atoms with Crippen LogP contribution in [0.5, 0.6) is 0 Å². The van der Waals surface area contributed by atoms with Gasteiger partial charge in [-0.15, -0.1) is 0 Å². The lowest BCUT2D eigenvalue weighted by Crippen LogP contribution is -2.05. The van der Waals surface area contributed by atoms with Crippen molar-refractivity contribution in [2.24, 2.45) is 5.92 Å². The number of rotatable bonds is 7. The average molecular weight is 226 g/mol. The third-order valence-electron chi connectivity index (χ3n) is 2.10. The summed E-state index contributed by atoms with van der Waals surface area (Å²) in [6.07, 6.45) is 3.47. The molecule has 0 radical (unpaired) electrons. The van der Waals surface area contributed by atoms with Gasteiger partial charge in [0.15, 0.2) is 0 Å². The van der Waals surface area contributed by atoms with Crippen molar-refractivity contribution in [2.75, 3.05) is 11.5 Å². The Morgan fingerprint density at radius 1 is 1.38 bits per heavy atom. The zero-order valence-electron chi connectivity index (χ0n) is 7.94. The van der Waals surface area contributed by atoms with Gasteiger partial charge in [-0.2, -0.15) is 21.0 Å². The summed E-state index contributed by atoms with van der Waals surface area (Å²) in [7, 11) is -3.75. The van der Waals surface area contributed by atoms with Crippen molar-refractivity contribution in [3.05, 3.63) is 0 Å². The molecule has 0 heterocycles. The van der Waals surface area contributed by atoms with Crippen LogP contribution in [-0.4, -0.2) is 24.5 Å². The van der Waals surface area contributed by atoms with Crippen LogP contribution < -0.4 is 0 Å². The van der Waals surface area contributed by atoms with Gasteiger partial charge in [0.25, 0.3) is 10.1 Å². The van der Waals surface area contributed by atoms with Crippen LogP contribution in [-0.2, 0) is 10.1 Å². The Kier molecular flexibility index (Phi) is 6.81. The second-order valence-corrected chi connectivity index (χ2v) is 5.18. The molecule has 80 valence electrons. The fourth-order valence-corrected chi connectivity index (χ4v) is 2.15. The van der Waals surface area contributed by atoms with Gasteiger partial charge >= 0.3 is 0 Å². The normalized spacial score (nSPS) is 14.4. The van der Waals surface area contributed by atoms with Gasteiger partial charge in [0, 0.05) is 0 Å². The monoisotopic (exact) mass is 226 g/mol. The maximum Gasteiger partial charge on any atom is 0.264 e. The molecule has 0 aromatic carbocycles. The highest BCUT2D eigenvalue weighted by atomic mass is 32.2. The van der Waals surface area contributed by atoms with Gasteiger partial charge in [-0.1, -0.05) is 19.8 Å². The average Bonchev–Trinajstić information content (AvgIpc) is 2.03. The molecule has 1 unspecified atom stereocenters. The molecule has 0 aromatic heterocycles. The van der Waals surface area contributed by atoms with Crippen molar-refractivity contribution in [2.45, 2.75) is 32.6 Å². The Balaban J connectivity index is 3.45. The predicted octanol–water partition coefficient (Wildman–Crippen LogP) is 2.00. The van der Waals surface area contributed by atoms with E-state index >= 15 is 0 Å². The van der Waals surface area contributed by atoms with E-state index in [1.165, 1.54) is 0 Å². The third-order valence-corrected chi connectivity index (χ3v) is 3.42. The van der Waals surface area contributed by atoms with Gasteiger partial charge in [-0.05, 0) is 24.5 Å². The molecule has 0 fully saturated rings. The molecule has 0 bridgehead atoms. The summed E-state index contributed by atoms with van der Waals surface area (Å²) in [5.41, 5.74) is 0. The standard InChI is InChI=1S/C8H18O3S2/c1-2-8(7-12)5-3-4-6-13(9,10)11/h8,12H,2-7H2,1H3,(H,9,10,11). The molecule has 0 saturated heterocycles. The van der Waals surface area contributed by atoms with Crippen molar-refractivity contribution < 1.29 is 13.0 Å². The smallest absolute Gasteiger partial charge is 0.264 e. The second kappa shape index (κ2) is 6.68. The summed E-state index contributed by atoms with van der Waals surface area (Å²) in [6, 6.07) is 0. The summed E-state index contributed by atoms with van der Waals surface area (Å²) in [5.74, 6) is 1.31.